The summed E-state index contributed by atoms with van der Waals surface area (Å²) in [6.07, 6.45) is 2.41. The molecular formula is C12H17NO2. The topological polar surface area (TPSA) is 49.3 Å². The number of aliphatic carboxylic acids is 1. The molecule has 0 fully saturated rings. The minimum Gasteiger partial charge on any atom is -0.481 e. The molecule has 2 N–H and O–H groups in total. The SMILES string of the molecule is CCCCNc1ccc(CC(=O)O)cc1. The summed E-state index contributed by atoms with van der Waals surface area (Å²) in [6.45, 7) is 3.12. The van der Waals surface area contributed by atoms with E-state index in [1.165, 1.54) is 6.42 Å². The van der Waals surface area contributed by atoms with Gasteiger partial charge in [-0.25, -0.2) is 0 Å². The molecule has 0 atom stereocenters. The maximum Gasteiger partial charge on any atom is 0.307 e. The third-order valence-corrected chi connectivity index (χ3v) is 2.17. The van der Waals surface area contributed by atoms with E-state index in [-0.39, 0.29) is 6.42 Å². The summed E-state index contributed by atoms with van der Waals surface area (Å²) in [5, 5.41) is 11.9. The largest absolute Gasteiger partial charge is 0.481 e. The van der Waals surface area contributed by atoms with E-state index in [9.17, 15) is 4.79 Å². The van der Waals surface area contributed by atoms with Crippen LogP contribution in [-0.2, 0) is 11.2 Å². The van der Waals surface area contributed by atoms with Gasteiger partial charge in [0.05, 0.1) is 6.42 Å². The zero-order chi connectivity index (χ0) is 11.1. The van der Waals surface area contributed by atoms with Crippen LogP contribution in [-0.4, -0.2) is 17.6 Å². The molecule has 0 saturated carbocycles. The molecule has 82 valence electrons. The predicted molar refractivity (Wildman–Crippen MR) is 61.2 cm³/mol. The van der Waals surface area contributed by atoms with Crippen LogP contribution in [0.2, 0.25) is 0 Å². The van der Waals surface area contributed by atoms with Gasteiger partial charge >= 0.3 is 5.97 Å². The number of hydrogen-bond acceptors (Lipinski definition) is 2. The second kappa shape index (κ2) is 6.06. The van der Waals surface area contributed by atoms with Gasteiger partial charge in [0.25, 0.3) is 0 Å². The molecular weight excluding hydrogens is 190 g/mol. The lowest BCUT2D eigenvalue weighted by Crippen LogP contribution is -2.02. The lowest BCUT2D eigenvalue weighted by Gasteiger charge is -2.05. The van der Waals surface area contributed by atoms with E-state index in [2.05, 4.69) is 12.2 Å². The van der Waals surface area contributed by atoms with Crippen LogP contribution < -0.4 is 5.32 Å². The number of nitrogens with one attached hydrogen (secondary N) is 1. The van der Waals surface area contributed by atoms with Gasteiger partial charge in [0, 0.05) is 12.2 Å². The summed E-state index contributed by atoms with van der Waals surface area (Å²) >= 11 is 0. The number of anilines is 1. The average Bonchev–Trinajstić information content (AvgIpc) is 2.20. The molecule has 0 bridgehead atoms. The summed E-state index contributed by atoms with van der Waals surface area (Å²) in [5.41, 5.74) is 1.89. The quantitative estimate of drug-likeness (QED) is 0.705. The van der Waals surface area contributed by atoms with E-state index >= 15 is 0 Å². The van der Waals surface area contributed by atoms with Crippen molar-refractivity contribution in [3.05, 3.63) is 29.8 Å². The second-order valence-corrected chi connectivity index (χ2v) is 3.55. The van der Waals surface area contributed by atoms with Gasteiger partial charge in [-0.15, -0.1) is 0 Å². The van der Waals surface area contributed by atoms with Crippen LogP contribution in [0.15, 0.2) is 24.3 Å². The molecule has 0 heterocycles. The molecule has 0 unspecified atom stereocenters. The maximum absolute atomic E-state index is 10.4. The molecule has 1 aromatic rings. The van der Waals surface area contributed by atoms with E-state index in [1.54, 1.807) is 0 Å². The van der Waals surface area contributed by atoms with Gasteiger partial charge in [-0.3, -0.25) is 4.79 Å². The van der Waals surface area contributed by atoms with E-state index in [4.69, 9.17) is 5.11 Å². The number of unbranched alkanes of at least 4 members (excludes halogenated alkanes) is 1. The molecule has 1 rings (SSSR count). The van der Waals surface area contributed by atoms with Crippen LogP contribution in [0.1, 0.15) is 25.3 Å². The molecule has 0 saturated heterocycles. The lowest BCUT2D eigenvalue weighted by molar-refractivity contribution is -0.136. The van der Waals surface area contributed by atoms with Crippen molar-refractivity contribution in [2.45, 2.75) is 26.2 Å². The predicted octanol–water partition coefficient (Wildman–Crippen LogP) is 2.53. The van der Waals surface area contributed by atoms with Crippen LogP contribution in [0.25, 0.3) is 0 Å². The summed E-state index contributed by atoms with van der Waals surface area (Å²) in [5.74, 6) is -0.790. The first-order chi connectivity index (χ1) is 7.22. The van der Waals surface area contributed by atoms with Crippen molar-refractivity contribution in [2.24, 2.45) is 0 Å². The van der Waals surface area contributed by atoms with Crippen molar-refractivity contribution < 1.29 is 9.90 Å². The van der Waals surface area contributed by atoms with E-state index in [0.29, 0.717) is 0 Å². The minimum atomic E-state index is -0.790. The fraction of sp³-hybridized carbons (Fsp3) is 0.417. The third kappa shape index (κ3) is 4.49. The highest BCUT2D eigenvalue weighted by Gasteiger charge is 1.99. The molecule has 3 nitrogen and oxygen atoms in total. The Bertz CT molecular complexity index is 306. The van der Waals surface area contributed by atoms with Crippen LogP contribution in [0, 0.1) is 0 Å². The number of rotatable bonds is 6. The average molecular weight is 207 g/mol. The highest BCUT2D eigenvalue weighted by atomic mass is 16.4. The van der Waals surface area contributed by atoms with Crippen molar-refractivity contribution in [1.82, 2.24) is 0 Å². The van der Waals surface area contributed by atoms with Gasteiger partial charge in [0.1, 0.15) is 0 Å². The molecule has 0 radical (unpaired) electrons. The van der Waals surface area contributed by atoms with E-state index in [0.717, 1.165) is 24.2 Å². The Hall–Kier alpha value is -1.51. The smallest absolute Gasteiger partial charge is 0.307 e. The first-order valence-corrected chi connectivity index (χ1v) is 5.27. The van der Waals surface area contributed by atoms with Gasteiger partial charge in [0.2, 0.25) is 0 Å². The Morgan fingerprint density at radius 2 is 2.00 bits per heavy atom. The second-order valence-electron chi connectivity index (χ2n) is 3.55. The summed E-state index contributed by atoms with van der Waals surface area (Å²) in [4.78, 5) is 10.4. The van der Waals surface area contributed by atoms with Gasteiger partial charge < -0.3 is 10.4 Å². The number of carboxylic acid groups (broad SMARTS) is 1. The Morgan fingerprint density at radius 3 is 2.53 bits per heavy atom. The van der Waals surface area contributed by atoms with Crippen LogP contribution in [0.4, 0.5) is 5.69 Å². The first-order valence-electron chi connectivity index (χ1n) is 5.27. The van der Waals surface area contributed by atoms with E-state index in [1.807, 2.05) is 24.3 Å². The Labute approximate surface area is 90.1 Å². The highest BCUT2D eigenvalue weighted by molar-refractivity contribution is 5.70. The Kier molecular flexibility index (Phi) is 4.68. The zero-order valence-corrected chi connectivity index (χ0v) is 8.99. The summed E-state index contributed by atoms with van der Waals surface area (Å²) in [7, 11) is 0. The van der Waals surface area contributed by atoms with Crippen LogP contribution in [0.3, 0.4) is 0 Å². The van der Waals surface area contributed by atoms with Crippen molar-refractivity contribution >= 4 is 11.7 Å². The molecule has 0 aromatic heterocycles. The van der Waals surface area contributed by atoms with Crippen LogP contribution in [0.5, 0.6) is 0 Å². The van der Waals surface area contributed by atoms with Gasteiger partial charge in [-0.1, -0.05) is 25.5 Å². The van der Waals surface area contributed by atoms with Crippen molar-refractivity contribution in [2.75, 3.05) is 11.9 Å². The standard InChI is InChI=1S/C12H17NO2/c1-2-3-8-13-11-6-4-10(5-7-11)9-12(14)15/h4-7,13H,2-3,8-9H2,1H3,(H,14,15). The maximum atomic E-state index is 10.4. The minimum absolute atomic E-state index is 0.0925. The molecule has 15 heavy (non-hydrogen) atoms. The molecule has 3 heteroatoms. The number of benzene rings is 1. The first kappa shape index (κ1) is 11.6. The molecule has 0 aliphatic carbocycles. The molecule has 0 amide bonds. The van der Waals surface area contributed by atoms with Crippen molar-refractivity contribution in [3.8, 4) is 0 Å². The van der Waals surface area contributed by atoms with Crippen molar-refractivity contribution in [3.63, 3.8) is 0 Å². The fourth-order valence-electron chi connectivity index (χ4n) is 1.32. The highest BCUT2D eigenvalue weighted by Crippen LogP contribution is 2.10. The van der Waals surface area contributed by atoms with Gasteiger partial charge in [-0.05, 0) is 24.1 Å². The molecule has 1 aromatic carbocycles. The van der Waals surface area contributed by atoms with Gasteiger partial charge in [0.15, 0.2) is 0 Å². The summed E-state index contributed by atoms with van der Waals surface area (Å²) in [6, 6.07) is 7.55. The fourth-order valence-corrected chi connectivity index (χ4v) is 1.32. The monoisotopic (exact) mass is 207 g/mol. The number of carboxylic acids is 1. The Balaban J connectivity index is 2.45. The molecule has 0 aliphatic heterocycles. The van der Waals surface area contributed by atoms with Gasteiger partial charge in [-0.2, -0.15) is 0 Å². The Morgan fingerprint density at radius 1 is 1.33 bits per heavy atom. The normalized spacial score (nSPS) is 9.93. The summed E-state index contributed by atoms with van der Waals surface area (Å²) < 4.78 is 0. The lowest BCUT2D eigenvalue weighted by atomic mass is 10.1. The number of hydrogen-bond donors (Lipinski definition) is 2. The number of carbonyl (C=O) groups is 1. The zero-order valence-electron chi connectivity index (χ0n) is 8.99. The third-order valence-electron chi connectivity index (χ3n) is 2.17. The van der Waals surface area contributed by atoms with E-state index < -0.39 is 5.97 Å². The van der Waals surface area contributed by atoms with Crippen molar-refractivity contribution in [1.29, 1.82) is 0 Å². The van der Waals surface area contributed by atoms with Crippen LogP contribution >= 0.6 is 0 Å². The molecule has 0 spiro atoms. The molecule has 0 aliphatic rings.